The van der Waals surface area contributed by atoms with E-state index in [1.807, 2.05) is 18.2 Å². The van der Waals surface area contributed by atoms with Gasteiger partial charge < -0.3 is 10.1 Å². The first-order valence-corrected chi connectivity index (χ1v) is 9.64. The number of likely N-dealkylation sites (N-methyl/N-ethyl adjacent to an activating group) is 1. The molecule has 26 heavy (non-hydrogen) atoms. The van der Waals surface area contributed by atoms with Crippen molar-refractivity contribution < 1.29 is 9.13 Å². The quantitative estimate of drug-likeness (QED) is 0.726. The summed E-state index contributed by atoms with van der Waals surface area (Å²) in [6.07, 6.45) is 2.54. The zero-order valence-corrected chi connectivity index (χ0v) is 15.9. The summed E-state index contributed by atoms with van der Waals surface area (Å²) < 4.78 is 19.0. The molecule has 1 heterocycles. The molecule has 0 unspecified atom stereocenters. The van der Waals surface area contributed by atoms with Gasteiger partial charge in [0.1, 0.15) is 18.2 Å². The molecular weight excluding hydrogens is 351 g/mol. The maximum atomic E-state index is 13.0. The molecule has 1 N–H and O–H groups in total. The molecule has 0 aliphatic carbocycles. The molecule has 5 heteroatoms. The van der Waals surface area contributed by atoms with Crippen LogP contribution in [0.3, 0.4) is 0 Å². The van der Waals surface area contributed by atoms with Gasteiger partial charge >= 0.3 is 0 Å². The lowest BCUT2D eigenvalue weighted by atomic mass is 10.1. The Morgan fingerprint density at radius 1 is 1.23 bits per heavy atom. The maximum Gasteiger partial charge on any atom is 0.124 e. The number of likely N-dealkylation sites (tertiary alicyclic amines) is 1. The summed E-state index contributed by atoms with van der Waals surface area (Å²) in [7, 11) is 0. The molecule has 2 aromatic rings. The second-order valence-electron chi connectivity index (χ2n) is 6.72. The zero-order chi connectivity index (χ0) is 18.4. The van der Waals surface area contributed by atoms with Crippen LogP contribution in [0.1, 0.15) is 30.9 Å². The molecule has 1 fully saturated rings. The SMILES string of the molecule is CCN1CCC[C@H]1CNCc1cc(Cl)ccc1OCc1ccc(F)cc1. The third kappa shape index (κ3) is 5.19. The van der Waals surface area contributed by atoms with E-state index in [0.29, 0.717) is 24.2 Å². The molecule has 0 amide bonds. The van der Waals surface area contributed by atoms with Crippen LogP contribution in [0.5, 0.6) is 5.75 Å². The molecule has 1 saturated heterocycles. The van der Waals surface area contributed by atoms with Crippen LogP contribution in [0, 0.1) is 5.82 Å². The van der Waals surface area contributed by atoms with Crippen molar-refractivity contribution in [2.75, 3.05) is 19.6 Å². The Hall–Kier alpha value is -1.62. The predicted molar refractivity (Wildman–Crippen MR) is 104 cm³/mol. The van der Waals surface area contributed by atoms with Gasteiger partial charge in [-0.3, -0.25) is 4.90 Å². The Morgan fingerprint density at radius 3 is 2.81 bits per heavy atom. The molecule has 140 valence electrons. The van der Waals surface area contributed by atoms with E-state index < -0.39 is 0 Å². The molecule has 0 saturated carbocycles. The van der Waals surface area contributed by atoms with E-state index in [1.54, 1.807) is 12.1 Å². The molecule has 1 aliphatic rings. The fourth-order valence-electron chi connectivity index (χ4n) is 3.48. The van der Waals surface area contributed by atoms with Gasteiger partial charge in [0.2, 0.25) is 0 Å². The van der Waals surface area contributed by atoms with Crippen LogP contribution in [0.25, 0.3) is 0 Å². The number of nitrogens with zero attached hydrogens (tertiary/aromatic N) is 1. The van der Waals surface area contributed by atoms with Gasteiger partial charge in [0.15, 0.2) is 0 Å². The number of rotatable bonds is 8. The van der Waals surface area contributed by atoms with E-state index in [2.05, 4.69) is 17.1 Å². The summed E-state index contributed by atoms with van der Waals surface area (Å²) in [6.45, 7) is 6.62. The monoisotopic (exact) mass is 376 g/mol. The number of benzene rings is 2. The fourth-order valence-corrected chi connectivity index (χ4v) is 3.68. The summed E-state index contributed by atoms with van der Waals surface area (Å²) in [6, 6.07) is 12.7. The smallest absolute Gasteiger partial charge is 0.124 e. The van der Waals surface area contributed by atoms with Crippen LogP contribution < -0.4 is 10.1 Å². The number of hydrogen-bond acceptors (Lipinski definition) is 3. The van der Waals surface area contributed by atoms with Crippen molar-refractivity contribution in [3.8, 4) is 5.75 Å². The highest BCUT2D eigenvalue weighted by Gasteiger charge is 2.22. The van der Waals surface area contributed by atoms with E-state index in [4.69, 9.17) is 16.3 Å². The van der Waals surface area contributed by atoms with E-state index in [0.717, 1.165) is 30.0 Å². The highest BCUT2D eigenvalue weighted by molar-refractivity contribution is 6.30. The fraction of sp³-hybridized carbons (Fsp3) is 0.429. The summed E-state index contributed by atoms with van der Waals surface area (Å²) in [5.74, 6) is 0.572. The second-order valence-corrected chi connectivity index (χ2v) is 7.16. The third-order valence-corrected chi connectivity index (χ3v) is 5.17. The lowest BCUT2D eigenvalue weighted by Gasteiger charge is -2.23. The average molecular weight is 377 g/mol. The number of ether oxygens (including phenoxy) is 1. The van der Waals surface area contributed by atoms with Crippen molar-refractivity contribution in [3.63, 3.8) is 0 Å². The first-order chi connectivity index (χ1) is 12.7. The van der Waals surface area contributed by atoms with Crippen LogP contribution in [0.2, 0.25) is 5.02 Å². The van der Waals surface area contributed by atoms with Crippen LogP contribution >= 0.6 is 11.6 Å². The number of hydrogen-bond donors (Lipinski definition) is 1. The highest BCUT2D eigenvalue weighted by atomic mass is 35.5. The molecule has 2 aromatic carbocycles. The van der Waals surface area contributed by atoms with Crippen molar-refractivity contribution in [2.45, 2.75) is 39.0 Å². The Kier molecular flexibility index (Phi) is 6.89. The van der Waals surface area contributed by atoms with Crippen molar-refractivity contribution >= 4 is 11.6 Å². The van der Waals surface area contributed by atoms with Gasteiger partial charge in [0, 0.05) is 29.7 Å². The summed E-state index contributed by atoms with van der Waals surface area (Å²) >= 11 is 6.17. The van der Waals surface area contributed by atoms with Crippen LogP contribution in [0.4, 0.5) is 4.39 Å². The lowest BCUT2D eigenvalue weighted by Crippen LogP contribution is -2.37. The molecule has 3 rings (SSSR count). The second kappa shape index (κ2) is 9.36. The van der Waals surface area contributed by atoms with Gasteiger partial charge in [-0.25, -0.2) is 4.39 Å². The van der Waals surface area contributed by atoms with Crippen molar-refractivity contribution in [2.24, 2.45) is 0 Å². The molecule has 1 aliphatic heterocycles. The van der Waals surface area contributed by atoms with Crippen LogP contribution in [-0.4, -0.2) is 30.6 Å². The lowest BCUT2D eigenvalue weighted by molar-refractivity contribution is 0.259. The van der Waals surface area contributed by atoms with Gasteiger partial charge in [-0.15, -0.1) is 0 Å². The summed E-state index contributed by atoms with van der Waals surface area (Å²) in [5.41, 5.74) is 1.98. The minimum atomic E-state index is -0.238. The average Bonchev–Trinajstić information content (AvgIpc) is 3.10. The zero-order valence-electron chi connectivity index (χ0n) is 15.2. The molecule has 3 nitrogen and oxygen atoms in total. The Bertz CT molecular complexity index is 708. The van der Waals surface area contributed by atoms with Crippen LogP contribution in [-0.2, 0) is 13.2 Å². The number of halogens is 2. The minimum Gasteiger partial charge on any atom is -0.489 e. The molecule has 0 aromatic heterocycles. The standard InChI is InChI=1S/C21H26ClFN2O/c1-2-25-11-3-4-20(25)14-24-13-17-12-18(22)7-10-21(17)26-15-16-5-8-19(23)9-6-16/h5-10,12,20,24H,2-4,11,13-15H2,1H3/t20-/m0/s1. The van der Waals surface area contributed by atoms with Crippen LogP contribution in [0.15, 0.2) is 42.5 Å². The van der Waals surface area contributed by atoms with Crippen molar-refractivity contribution in [1.82, 2.24) is 10.2 Å². The van der Waals surface area contributed by atoms with E-state index in [1.165, 1.54) is 31.5 Å². The predicted octanol–water partition coefficient (Wildman–Crippen LogP) is 4.63. The molecule has 0 spiro atoms. The van der Waals surface area contributed by atoms with Gasteiger partial charge in [-0.2, -0.15) is 0 Å². The van der Waals surface area contributed by atoms with E-state index >= 15 is 0 Å². The van der Waals surface area contributed by atoms with E-state index in [-0.39, 0.29) is 5.82 Å². The summed E-state index contributed by atoms with van der Waals surface area (Å²) in [4.78, 5) is 2.52. The van der Waals surface area contributed by atoms with E-state index in [9.17, 15) is 4.39 Å². The number of nitrogens with one attached hydrogen (secondary N) is 1. The van der Waals surface area contributed by atoms with Gasteiger partial charge in [-0.1, -0.05) is 30.7 Å². The highest BCUT2D eigenvalue weighted by Crippen LogP contribution is 2.24. The van der Waals surface area contributed by atoms with Crippen molar-refractivity contribution in [3.05, 3.63) is 64.4 Å². The van der Waals surface area contributed by atoms with Gasteiger partial charge in [0.25, 0.3) is 0 Å². The largest absolute Gasteiger partial charge is 0.489 e. The maximum absolute atomic E-state index is 13.0. The van der Waals surface area contributed by atoms with Crippen molar-refractivity contribution in [1.29, 1.82) is 0 Å². The topological polar surface area (TPSA) is 24.5 Å². The molecular formula is C21H26ClFN2O. The summed E-state index contributed by atoms with van der Waals surface area (Å²) in [5, 5.41) is 4.25. The first-order valence-electron chi connectivity index (χ1n) is 9.26. The normalized spacial score (nSPS) is 17.6. The molecule has 1 atom stereocenters. The molecule has 0 radical (unpaired) electrons. The Labute approximate surface area is 160 Å². The Morgan fingerprint density at radius 2 is 2.04 bits per heavy atom. The Balaban J connectivity index is 1.57. The minimum absolute atomic E-state index is 0.238. The van der Waals surface area contributed by atoms with Gasteiger partial charge in [-0.05, 0) is 61.8 Å². The molecule has 0 bridgehead atoms. The van der Waals surface area contributed by atoms with Gasteiger partial charge in [0.05, 0.1) is 0 Å². The third-order valence-electron chi connectivity index (χ3n) is 4.93. The first kappa shape index (κ1) is 19.2.